The van der Waals surface area contributed by atoms with E-state index < -0.39 is 5.97 Å². The first-order valence-electron chi connectivity index (χ1n) is 12.0. The number of rotatable bonds is 7. The summed E-state index contributed by atoms with van der Waals surface area (Å²) in [7, 11) is 1.30. The van der Waals surface area contributed by atoms with Crippen LogP contribution in [0.5, 0.6) is 11.6 Å². The Bertz CT molecular complexity index is 981. The van der Waals surface area contributed by atoms with Gasteiger partial charge in [0.05, 0.1) is 23.9 Å². The topological polar surface area (TPSA) is 85.8 Å². The smallest absolute Gasteiger partial charge is 0.340 e. The van der Waals surface area contributed by atoms with Gasteiger partial charge in [-0.3, -0.25) is 9.59 Å². The molecule has 0 saturated heterocycles. The third-order valence-corrected chi connectivity index (χ3v) is 5.89. The fourth-order valence-electron chi connectivity index (χ4n) is 4.11. The Hall–Kier alpha value is -3.22. The minimum absolute atomic E-state index is 0.0266. The minimum Gasteiger partial charge on any atom is -0.465 e. The Labute approximate surface area is 202 Å². The van der Waals surface area contributed by atoms with Crippen LogP contribution in [0.25, 0.3) is 0 Å². The van der Waals surface area contributed by atoms with Gasteiger partial charge in [-0.25, -0.2) is 9.78 Å². The monoisotopic (exact) mass is 468 g/mol. The first-order valence-corrected chi connectivity index (χ1v) is 12.0. The number of carbonyl (C=O) groups excluding carboxylic acids is 3. The molecule has 34 heavy (non-hydrogen) atoms. The summed E-state index contributed by atoms with van der Waals surface area (Å²) in [5, 5.41) is 0. The fraction of sp³-hybridized carbons (Fsp3) is 0.481. The summed E-state index contributed by atoms with van der Waals surface area (Å²) in [5.41, 5.74) is 1.00. The van der Waals surface area contributed by atoms with Crippen molar-refractivity contribution in [1.29, 1.82) is 0 Å². The molecule has 0 aliphatic heterocycles. The lowest BCUT2D eigenvalue weighted by molar-refractivity contribution is -0.123. The number of aldehydes is 1. The Balaban J connectivity index is 0.00000199. The summed E-state index contributed by atoms with van der Waals surface area (Å²) in [6, 6.07) is 7.96. The van der Waals surface area contributed by atoms with E-state index in [1.807, 2.05) is 27.7 Å². The second-order valence-corrected chi connectivity index (χ2v) is 8.55. The van der Waals surface area contributed by atoms with E-state index in [9.17, 15) is 14.4 Å². The normalized spacial score (nSPS) is 17.3. The average Bonchev–Trinajstić information content (AvgIpc) is 2.86. The van der Waals surface area contributed by atoms with Gasteiger partial charge in [-0.15, -0.1) is 0 Å². The number of hydrogen-bond donors (Lipinski definition) is 0. The summed E-state index contributed by atoms with van der Waals surface area (Å²) >= 11 is 0. The molecule has 184 valence electrons. The lowest BCUT2D eigenvalue weighted by Crippen LogP contribution is -2.43. The van der Waals surface area contributed by atoms with Crippen LogP contribution < -0.4 is 9.64 Å². The number of hydrogen-bond acceptors (Lipinski definition) is 6. The second kappa shape index (κ2) is 12.9. The largest absolute Gasteiger partial charge is 0.465 e. The molecule has 0 unspecified atom stereocenters. The second-order valence-electron chi connectivity index (χ2n) is 8.55. The van der Waals surface area contributed by atoms with Crippen LogP contribution >= 0.6 is 0 Å². The third-order valence-electron chi connectivity index (χ3n) is 5.89. The van der Waals surface area contributed by atoms with Crippen molar-refractivity contribution in [3.63, 3.8) is 0 Å². The molecule has 0 spiro atoms. The number of esters is 1. The van der Waals surface area contributed by atoms with E-state index in [0.29, 0.717) is 29.2 Å². The van der Waals surface area contributed by atoms with Crippen LogP contribution in [0.1, 0.15) is 81.0 Å². The molecule has 0 bridgehead atoms. The zero-order chi connectivity index (χ0) is 25.3. The van der Waals surface area contributed by atoms with Crippen LogP contribution in [0.15, 0.2) is 36.5 Å². The summed E-state index contributed by atoms with van der Waals surface area (Å²) in [6.45, 7) is 10.1. The molecule has 3 rings (SSSR count). The molecule has 1 aliphatic rings. The predicted molar refractivity (Wildman–Crippen MR) is 133 cm³/mol. The molecular weight excluding hydrogens is 432 g/mol. The van der Waals surface area contributed by atoms with Gasteiger partial charge >= 0.3 is 5.97 Å². The van der Waals surface area contributed by atoms with Crippen LogP contribution in [0, 0.1) is 11.8 Å². The number of carbonyl (C=O) groups is 3. The van der Waals surface area contributed by atoms with Gasteiger partial charge in [0, 0.05) is 18.2 Å². The average molecular weight is 469 g/mol. The van der Waals surface area contributed by atoms with Gasteiger partial charge in [-0.05, 0) is 75.8 Å². The molecule has 1 amide bonds. The van der Waals surface area contributed by atoms with Gasteiger partial charge in [-0.2, -0.15) is 0 Å². The molecule has 2 aromatic rings. The Morgan fingerprint density at radius 3 is 2.38 bits per heavy atom. The first kappa shape index (κ1) is 27.0. The van der Waals surface area contributed by atoms with Crippen molar-refractivity contribution in [2.75, 3.05) is 12.0 Å². The molecular formula is C27H36N2O5. The van der Waals surface area contributed by atoms with Crippen molar-refractivity contribution in [3.05, 3.63) is 47.7 Å². The fourth-order valence-corrected chi connectivity index (χ4v) is 4.11. The van der Waals surface area contributed by atoms with Crippen molar-refractivity contribution in [2.24, 2.45) is 11.8 Å². The maximum atomic E-state index is 13.5. The van der Waals surface area contributed by atoms with Gasteiger partial charge in [0.25, 0.3) is 0 Å². The maximum Gasteiger partial charge on any atom is 0.340 e. The number of methoxy groups -OCH3 is 1. The van der Waals surface area contributed by atoms with Gasteiger partial charge in [0.1, 0.15) is 5.75 Å². The first-order chi connectivity index (χ1) is 16.3. The molecule has 1 aliphatic carbocycles. The Morgan fingerprint density at radius 2 is 1.79 bits per heavy atom. The Kier molecular flexibility index (Phi) is 10.2. The lowest BCUT2D eigenvalue weighted by Gasteiger charge is -2.34. The summed E-state index contributed by atoms with van der Waals surface area (Å²) in [4.78, 5) is 43.1. The quantitative estimate of drug-likeness (QED) is 0.362. The molecule has 1 saturated carbocycles. The van der Waals surface area contributed by atoms with Crippen molar-refractivity contribution in [2.45, 2.75) is 66.3 Å². The van der Waals surface area contributed by atoms with E-state index >= 15 is 0 Å². The molecule has 7 heteroatoms. The minimum atomic E-state index is -0.571. The number of nitrogens with zero attached hydrogens (tertiary/aromatic N) is 2. The summed E-state index contributed by atoms with van der Waals surface area (Å²) in [5.74, 6) is 0.490. The van der Waals surface area contributed by atoms with Crippen molar-refractivity contribution in [3.8, 4) is 11.6 Å². The standard InChI is InChI=1S/C25H30N2O5.C2H6/c1-16(2)27(24(29)18-9-7-17(3)8-10-18)22-12-11-20(14-21(22)25(30)31-4)32-23-19(15-28)6-5-13-26-23;1-2/h5-6,11-18H,7-10H2,1-4H3;1-2H3. The highest BCUT2D eigenvalue weighted by Crippen LogP contribution is 2.35. The van der Waals surface area contributed by atoms with Gasteiger partial charge in [0.2, 0.25) is 11.8 Å². The highest BCUT2D eigenvalue weighted by atomic mass is 16.5. The molecule has 1 aromatic heterocycles. The molecule has 0 radical (unpaired) electrons. The highest BCUT2D eigenvalue weighted by Gasteiger charge is 2.32. The van der Waals surface area contributed by atoms with Crippen LogP contribution in [0.3, 0.4) is 0 Å². The Morgan fingerprint density at radius 1 is 1.12 bits per heavy atom. The van der Waals surface area contributed by atoms with Gasteiger partial charge in [0.15, 0.2) is 6.29 Å². The van der Waals surface area contributed by atoms with E-state index in [1.165, 1.54) is 19.4 Å². The molecule has 1 fully saturated rings. The predicted octanol–water partition coefficient (Wildman–Crippen LogP) is 6.07. The number of ether oxygens (including phenoxy) is 2. The van der Waals surface area contributed by atoms with Crippen LogP contribution in [0.4, 0.5) is 5.69 Å². The zero-order valence-electron chi connectivity index (χ0n) is 21.0. The zero-order valence-corrected chi connectivity index (χ0v) is 21.0. The van der Waals surface area contributed by atoms with E-state index in [4.69, 9.17) is 9.47 Å². The summed E-state index contributed by atoms with van der Waals surface area (Å²) < 4.78 is 10.8. The molecule has 1 heterocycles. The van der Waals surface area contributed by atoms with Crippen LogP contribution in [-0.2, 0) is 9.53 Å². The van der Waals surface area contributed by atoms with Crippen LogP contribution in [-0.4, -0.2) is 36.3 Å². The van der Waals surface area contributed by atoms with Gasteiger partial charge in [-0.1, -0.05) is 20.8 Å². The van der Waals surface area contributed by atoms with E-state index in [-0.39, 0.29) is 29.3 Å². The maximum absolute atomic E-state index is 13.5. The van der Waals surface area contributed by atoms with E-state index in [2.05, 4.69) is 11.9 Å². The van der Waals surface area contributed by atoms with Crippen molar-refractivity contribution >= 4 is 23.9 Å². The van der Waals surface area contributed by atoms with Crippen molar-refractivity contribution < 1.29 is 23.9 Å². The molecule has 1 aromatic carbocycles. The molecule has 0 N–H and O–H groups in total. The number of amides is 1. The summed E-state index contributed by atoms with van der Waals surface area (Å²) in [6.07, 6.45) is 5.94. The number of pyridine rings is 1. The molecule has 7 nitrogen and oxygen atoms in total. The van der Waals surface area contributed by atoms with E-state index in [1.54, 1.807) is 29.2 Å². The van der Waals surface area contributed by atoms with Crippen LogP contribution in [0.2, 0.25) is 0 Å². The number of benzene rings is 1. The van der Waals surface area contributed by atoms with Crippen molar-refractivity contribution in [1.82, 2.24) is 4.98 Å². The lowest BCUT2D eigenvalue weighted by atomic mass is 9.82. The van der Waals surface area contributed by atoms with Gasteiger partial charge < -0.3 is 14.4 Å². The SMILES string of the molecule is CC.COC(=O)c1cc(Oc2ncccc2C=O)ccc1N(C(=O)C1CCC(C)CC1)C(C)C. The number of anilines is 1. The molecule has 0 atom stereocenters. The third kappa shape index (κ3) is 6.43. The highest BCUT2D eigenvalue weighted by molar-refractivity contribution is 6.04. The number of aromatic nitrogens is 1. The van der Waals surface area contributed by atoms with E-state index in [0.717, 1.165) is 25.7 Å².